The first-order chi connectivity index (χ1) is 17.1. The molecule has 1 aromatic heterocycles. The van der Waals surface area contributed by atoms with E-state index in [1.54, 1.807) is 13.3 Å². The molecule has 2 aliphatic rings. The van der Waals surface area contributed by atoms with Crippen LogP contribution >= 0.6 is 11.6 Å². The van der Waals surface area contributed by atoms with Crippen LogP contribution in [0.2, 0.25) is 5.02 Å². The van der Waals surface area contributed by atoms with Crippen molar-refractivity contribution >= 4 is 28.9 Å². The number of halogens is 1. The van der Waals surface area contributed by atoms with E-state index in [2.05, 4.69) is 25.8 Å². The number of aliphatic hydroxyl groups is 1. The number of carbonyl (C=O) groups is 1. The van der Waals surface area contributed by atoms with Crippen LogP contribution in [0.3, 0.4) is 0 Å². The average Bonchev–Trinajstić information content (AvgIpc) is 3.37. The van der Waals surface area contributed by atoms with Gasteiger partial charge in [-0.3, -0.25) is 4.79 Å². The van der Waals surface area contributed by atoms with Crippen molar-refractivity contribution < 1.29 is 19.4 Å². The topological polar surface area (TPSA) is 108 Å². The van der Waals surface area contributed by atoms with Crippen LogP contribution in [0.25, 0.3) is 0 Å². The molecule has 4 rings (SSSR count). The van der Waals surface area contributed by atoms with E-state index in [0.717, 1.165) is 50.1 Å². The molecule has 9 nitrogen and oxygen atoms in total. The molecule has 2 unspecified atom stereocenters. The molecule has 4 N–H and O–H groups in total. The maximum absolute atomic E-state index is 13.0. The number of hydrogen-bond donors (Lipinski definition) is 4. The smallest absolute Gasteiger partial charge is 0.272 e. The summed E-state index contributed by atoms with van der Waals surface area (Å²) in [6.07, 6.45) is 4.49. The summed E-state index contributed by atoms with van der Waals surface area (Å²) in [5, 5.41) is 19.9. The molecule has 1 aromatic carbocycles. The summed E-state index contributed by atoms with van der Waals surface area (Å²) in [7, 11) is 1.58. The number of hydrogen-bond acceptors (Lipinski definition) is 8. The summed E-state index contributed by atoms with van der Waals surface area (Å²) in [5.41, 5.74) is 2.79. The average molecular weight is 504 g/mol. The van der Waals surface area contributed by atoms with Crippen LogP contribution in [-0.2, 0) is 11.3 Å². The molecular formula is C25H34ClN5O4. The van der Waals surface area contributed by atoms with Gasteiger partial charge in [0.25, 0.3) is 5.91 Å². The van der Waals surface area contributed by atoms with Gasteiger partial charge in [-0.1, -0.05) is 17.7 Å². The molecule has 190 valence electrons. The van der Waals surface area contributed by atoms with Gasteiger partial charge in [-0.25, -0.2) is 4.98 Å². The standard InChI is InChI=1S/C25H34ClN5O4/c1-34-23-5-4-17(11-21(23)26)13-29-22-12-19(31-9-2-3-18(31)16-32)14-30-24(22)25(33)28-7-6-20-15-27-8-10-35-20/h4-5,11-12,14,18,20,27,29,32H,2-3,6-10,13,15-16H2,1H3,(H,28,33). The van der Waals surface area contributed by atoms with Gasteiger partial charge in [0.1, 0.15) is 5.75 Å². The highest BCUT2D eigenvalue weighted by Crippen LogP contribution is 2.29. The van der Waals surface area contributed by atoms with Gasteiger partial charge < -0.3 is 35.4 Å². The molecule has 2 atom stereocenters. The third-order valence-electron chi connectivity index (χ3n) is 6.46. The summed E-state index contributed by atoms with van der Waals surface area (Å²) in [6, 6.07) is 7.59. The van der Waals surface area contributed by atoms with Crippen molar-refractivity contribution in [2.75, 3.05) is 56.7 Å². The Morgan fingerprint density at radius 3 is 3.03 bits per heavy atom. The lowest BCUT2D eigenvalue weighted by Crippen LogP contribution is -2.40. The summed E-state index contributed by atoms with van der Waals surface area (Å²) in [4.78, 5) is 19.7. The summed E-state index contributed by atoms with van der Waals surface area (Å²) >= 11 is 6.28. The minimum Gasteiger partial charge on any atom is -0.495 e. The number of rotatable bonds is 10. The van der Waals surface area contributed by atoms with Crippen molar-refractivity contribution in [2.24, 2.45) is 0 Å². The lowest BCUT2D eigenvalue weighted by Gasteiger charge is -2.26. The first-order valence-corrected chi connectivity index (χ1v) is 12.5. The highest BCUT2D eigenvalue weighted by atomic mass is 35.5. The molecule has 3 heterocycles. The van der Waals surface area contributed by atoms with E-state index in [1.807, 2.05) is 24.3 Å². The largest absolute Gasteiger partial charge is 0.495 e. The molecule has 2 aliphatic heterocycles. The third kappa shape index (κ3) is 6.55. The van der Waals surface area contributed by atoms with Gasteiger partial charge in [0.15, 0.2) is 5.69 Å². The number of anilines is 2. The monoisotopic (exact) mass is 503 g/mol. The molecule has 35 heavy (non-hydrogen) atoms. The Kier molecular flexibility index (Phi) is 9.03. The lowest BCUT2D eigenvalue weighted by molar-refractivity contribution is 0.0239. The Bertz CT molecular complexity index is 1000. The Morgan fingerprint density at radius 2 is 2.29 bits per heavy atom. The number of nitrogens with one attached hydrogen (secondary N) is 3. The van der Waals surface area contributed by atoms with Crippen molar-refractivity contribution in [3.63, 3.8) is 0 Å². The van der Waals surface area contributed by atoms with Crippen molar-refractivity contribution in [1.82, 2.24) is 15.6 Å². The summed E-state index contributed by atoms with van der Waals surface area (Å²) in [6.45, 7) is 4.25. The summed E-state index contributed by atoms with van der Waals surface area (Å²) in [5.74, 6) is 0.371. The minimum absolute atomic E-state index is 0.0637. The number of pyridine rings is 1. The van der Waals surface area contributed by atoms with Crippen molar-refractivity contribution in [3.8, 4) is 5.75 Å². The quantitative estimate of drug-likeness (QED) is 0.391. The first-order valence-electron chi connectivity index (χ1n) is 12.1. The molecule has 0 bridgehead atoms. The molecular weight excluding hydrogens is 470 g/mol. The van der Waals surface area contributed by atoms with Gasteiger partial charge >= 0.3 is 0 Å². The van der Waals surface area contributed by atoms with E-state index in [4.69, 9.17) is 21.1 Å². The number of aromatic nitrogens is 1. The van der Waals surface area contributed by atoms with Gasteiger partial charge in [0.05, 0.1) is 55.1 Å². The predicted octanol–water partition coefficient (Wildman–Crippen LogP) is 2.43. The van der Waals surface area contributed by atoms with Crippen LogP contribution < -0.4 is 25.6 Å². The van der Waals surface area contributed by atoms with E-state index in [1.165, 1.54) is 0 Å². The minimum atomic E-state index is -0.240. The first kappa shape index (κ1) is 25.5. The van der Waals surface area contributed by atoms with Crippen LogP contribution in [0, 0.1) is 0 Å². The number of amides is 1. The SMILES string of the molecule is COc1ccc(CNc2cc(N3CCCC3CO)cnc2C(=O)NCCC2CNCCO2)cc1Cl. The van der Waals surface area contributed by atoms with Gasteiger partial charge in [-0.2, -0.15) is 0 Å². The maximum Gasteiger partial charge on any atom is 0.272 e. The molecule has 0 aliphatic carbocycles. The maximum atomic E-state index is 13.0. The Balaban J connectivity index is 1.49. The van der Waals surface area contributed by atoms with Crippen molar-refractivity contribution in [2.45, 2.75) is 38.0 Å². The molecule has 0 spiro atoms. The van der Waals surface area contributed by atoms with Gasteiger partial charge in [-0.05, 0) is 43.0 Å². The second-order valence-corrected chi connectivity index (χ2v) is 9.23. The molecule has 2 aromatic rings. The second kappa shape index (κ2) is 12.4. The number of nitrogens with zero attached hydrogens (tertiary/aromatic N) is 2. The molecule has 2 saturated heterocycles. The van der Waals surface area contributed by atoms with Crippen molar-refractivity contribution in [3.05, 3.63) is 46.7 Å². The van der Waals surface area contributed by atoms with E-state index in [9.17, 15) is 9.90 Å². The van der Waals surface area contributed by atoms with E-state index in [0.29, 0.717) is 41.8 Å². The van der Waals surface area contributed by atoms with Crippen LogP contribution in [0.1, 0.15) is 35.3 Å². The Morgan fingerprint density at radius 1 is 1.40 bits per heavy atom. The zero-order valence-corrected chi connectivity index (χ0v) is 20.8. The highest BCUT2D eigenvalue weighted by Gasteiger charge is 2.26. The predicted molar refractivity (Wildman–Crippen MR) is 137 cm³/mol. The zero-order chi connectivity index (χ0) is 24.6. The van der Waals surface area contributed by atoms with Gasteiger partial charge in [0.2, 0.25) is 0 Å². The molecule has 0 radical (unpaired) electrons. The normalized spacial score (nSPS) is 20.0. The van der Waals surface area contributed by atoms with E-state index in [-0.39, 0.29) is 24.7 Å². The lowest BCUT2D eigenvalue weighted by atomic mass is 10.1. The zero-order valence-electron chi connectivity index (χ0n) is 20.1. The summed E-state index contributed by atoms with van der Waals surface area (Å²) < 4.78 is 10.9. The Hall–Kier alpha value is -2.59. The van der Waals surface area contributed by atoms with E-state index >= 15 is 0 Å². The van der Waals surface area contributed by atoms with Crippen LogP contribution in [-0.4, -0.2) is 74.6 Å². The molecule has 2 fully saturated rings. The van der Waals surface area contributed by atoms with Crippen LogP contribution in [0.5, 0.6) is 5.75 Å². The fourth-order valence-electron chi connectivity index (χ4n) is 4.54. The van der Waals surface area contributed by atoms with Crippen molar-refractivity contribution in [1.29, 1.82) is 0 Å². The second-order valence-electron chi connectivity index (χ2n) is 8.83. The Labute approximate surface area is 211 Å². The number of morpholine rings is 1. The molecule has 1 amide bonds. The number of aliphatic hydroxyl groups excluding tert-OH is 1. The fourth-order valence-corrected chi connectivity index (χ4v) is 4.82. The van der Waals surface area contributed by atoms with Gasteiger partial charge in [0, 0.05) is 32.7 Å². The molecule has 0 saturated carbocycles. The van der Waals surface area contributed by atoms with Crippen LogP contribution in [0.15, 0.2) is 30.5 Å². The highest BCUT2D eigenvalue weighted by molar-refractivity contribution is 6.32. The molecule has 10 heteroatoms. The number of ether oxygens (including phenoxy) is 2. The number of benzene rings is 1. The van der Waals surface area contributed by atoms with E-state index < -0.39 is 0 Å². The number of methoxy groups -OCH3 is 1. The fraction of sp³-hybridized carbons (Fsp3) is 0.520. The number of carbonyl (C=O) groups excluding carboxylic acids is 1. The van der Waals surface area contributed by atoms with Gasteiger partial charge in [-0.15, -0.1) is 0 Å². The third-order valence-corrected chi connectivity index (χ3v) is 6.76. The van der Waals surface area contributed by atoms with Crippen LogP contribution in [0.4, 0.5) is 11.4 Å².